The lowest BCUT2D eigenvalue weighted by Gasteiger charge is -2.24. The van der Waals surface area contributed by atoms with E-state index in [4.69, 9.17) is 4.74 Å². The van der Waals surface area contributed by atoms with Gasteiger partial charge in [-0.05, 0) is 26.2 Å². The second-order valence-corrected chi connectivity index (χ2v) is 5.03. The minimum Gasteiger partial charge on any atom is -0.373 e. The molecule has 1 rings (SSSR count). The molecule has 0 bridgehead atoms. The molecule has 1 unspecified atom stereocenters. The molecule has 0 aromatic heterocycles. The largest absolute Gasteiger partial charge is 0.373 e. The molecule has 1 saturated heterocycles. The fraction of sp³-hybridized carbons (Fsp3) is 0.846. The van der Waals surface area contributed by atoms with Crippen molar-refractivity contribution in [2.45, 2.75) is 38.7 Å². The van der Waals surface area contributed by atoms with Gasteiger partial charge < -0.3 is 20.7 Å². The number of nitrogens with one attached hydrogen (secondary N) is 3. The molecule has 1 amide bonds. The summed E-state index contributed by atoms with van der Waals surface area (Å²) in [6.07, 6.45) is 3.09. The first-order valence-corrected chi connectivity index (χ1v) is 6.95. The van der Waals surface area contributed by atoms with Gasteiger partial charge in [0.15, 0.2) is 5.96 Å². The van der Waals surface area contributed by atoms with Gasteiger partial charge in [0.2, 0.25) is 5.91 Å². The van der Waals surface area contributed by atoms with Crippen LogP contribution in [0, 0.1) is 0 Å². The van der Waals surface area contributed by atoms with Crippen LogP contribution in [0.1, 0.15) is 33.1 Å². The summed E-state index contributed by atoms with van der Waals surface area (Å²) in [7, 11) is 1.69. The average molecular weight is 398 g/mol. The summed E-state index contributed by atoms with van der Waals surface area (Å²) in [4.78, 5) is 15.6. The number of hydrogen-bond donors (Lipinski definition) is 3. The minimum atomic E-state index is -0.123. The Morgan fingerprint density at radius 1 is 1.35 bits per heavy atom. The summed E-state index contributed by atoms with van der Waals surface area (Å²) in [6, 6.07) is 0. The van der Waals surface area contributed by atoms with Gasteiger partial charge in [0.1, 0.15) is 0 Å². The van der Waals surface area contributed by atoms with Crippen LogP contribution in [0.3, 0.4) is 0 Å². The Balaban J connectivity index is 0.00000361. The molecule has 118 valence electrons. The van der Waals surface area contributed by atoms with E-state index in [0.29, 0.717) is 19.0 Å². The number of amides is 1. The molecule has 7 heteroatoms. The molecule has 0 saturated carbocycles. The molecular formula is C13H27IN4O2. The van der Waals surface area contributed by atoms with Crippen molar-refractivity contribution in [3.63, 3.8) is 0 Å². The smallest absolute Gasteiger partial charge is 0.239 e. The lowest BCUT2D eigenvalue weighted by molar-refractivity contribution is -0.120. The molecule has 1 fully saturated rings. The van der Waals surface area contributed by atoms with Crippen molar-refractivity contribution in [1.82, 2.24) is 16.0 Å². The SMILES string of the molecule is CCCNC(=O)CNC(=NC)NCC1(C)CCCO1.I. The Labute approximate surface area is 138 Å². The molecule has 0 aromatic carbocycles. The summed E-state index contributed by atoms with van der Waals surface area (Å²) in [6.45, 7) is 6.58. The molecule has 0 radical (unpaired) electrons. The van der Waals surface area contributed by atoms with E-state index in [1.54, 1.807) is 7.05 Å². The first kappa shape index (κ1) is 19.4. The number of nitrogens with zero attached hydrogens (tertiary/aromatic N) is 1. The van der Waals surface area contributed by atoms with E-state index in [0.717, 1.165) is 25.9 Å². The van der Waals surface area contributed by atoms with Crippen molar-refractivity contribution in [3.8, 4) is 0 Å². The zero-order valence-electron chi connectivity index (χ0n) is 12.6. The van der Waals surface area contributed by atoms with E-state index in [1.807, 2.05) is 6.92 Å². The van der Waals surface area contributed by atoms with Crippen LogP contribution >= 0.6 is 24.0 Å². The molecule has 6 nitrogen and oxygen atoms in total. The van der Waals surface area contributed by atoms with Crippen LogP contribution in [0.5, 0.6) is 0 Å². The van der Waals surface area contributed by atoms with Gasteiger partial charge in [0, 0.05) is 26.7 Å². The summed E-state index contributed by atoms with van der Waals surface area (Å²) in [5.74, 6) is 0.608. The van der Waals surface area contributed by atoms with Crippen molar-refractivity contribution in [2.24, 2.45) is 4.99 Å². The molecule has 3 N–H and O–H groups in total. The highest BCUT2D eigenvalue weighted by molar-refractivity contribution is 14.0. The Kier molecular flexibility index (Phi) is 9.91. The Morgan fingerprint density at radius 3 is 2.65 bits per heavy atom. The molecule has 1 heterocycles. The van der Waals surface area contributed by atoms with Crippen molar-refractivity contribution in [3.05, 3.63) is 0 Å². The summed E-state index contributed by atoms with van der Waals surface area (Å²) < 4.78 is 5.69. The molecular weight excluding hydrogens is 371 g/mol. The third-order valence-corrected chi connectivity index (χ3v) is 3.14. The van der Waals surface area contributed by atoms with Crippen molar-refractivity contribution in [1.29, 1.82) is 0 Å². The molecule has 1 atom stereocenters. The molecule has 20 heavy (non-hydrogen) atoms. The van der Waals surface area contributed by atoms with Crippen molar-refractivity contribution < 1.29 is 9.53 Å². The number of halogens is 1. The second-order valence-electron chi connectivity index (χ2n) is 5.03. The van der Waals surface area contributed by atoms with E-state index >= 15 is 0 Å². The minimum absolute atomic E-state index is 0. The Morgan fingerprint density at radius 2 is 2.10 bits per heavy atom. The van der Waals surface area contributed by atoms with Gasteiger partial charge in [0.25, 0.3) is 0 Å². The first-order valence-electron chi connectivity index (χ1n) is 6.95. The number of guanidine groups is 1. The topological polar surface area (TPSA) is 74.8 Å². The zero-order valence-corrected chi connectivity index (χ0v) is 15.0. The normalized spacial score (nSPS) is 22.1. The van der Waals surface area contributed by atoms with Crippen LogP contribution in [0.2, 0.25) is 0 Å². The molecule has 0 spiro atoms. The van der Waals surface area contributed by atoms with Crippen LogP contribution in [0.15, 0.2) is 4.99 Å². The van der Waals surface area contributed by atoms with E-state index in [9.17, 15) is 4.79 Å². The second kappa shape index (κ2) is 10.2. The average Bonchev–Trinajstić information content (AvgIpc) is 2.83. The number of carbonyl (C=O) groups excluding carboxylic acids is 1. The summed E-state index contributed by atoms with van der Waals surface area (Å²) in [5.41, 5.74) is -0.123. The summed E-state index contributed by atoms with van der Waals surface area (Å²) >= 11 is 0. The van der Waals surface area contributed by atoms with Gasteiger partial charge in [-0.2, -0.15) is 0 Å². The fourth-order valence-corrected chi connectivity index (χ4v) is 1.96. The van der Waals surface area contributed by atoms with Gasteiger partial charge in [-0.3, -0.25) is 9.79 Å². The third kappa shape index (κ3) is 7.28. The van der Waals surface area contributed by atoms with Crippen LogP contribution in [-0.4, -0.2) is 50.8 Å². The Hall–Kier alpha value is -0.570. The number of carbonyl (C=O) groups is 1. The fourth-order valence-electron chi connectivity index (χ4n) is 1.96. The van der Waals surface area contributed by atoms with Gasteiger partial charge in [-0.25, -0.2) is 0 Å². The maximum Gasteiger partial charge on any atom is 0.239 e. The van der Waals surface area contributed by atoms with Crippen molar-refractivity contribution >= 4 is 35.8 Å². The molecule has 1 aliphatic rings. The number of rotatable bonds is 6. The maximum absolute atomic E-state index is 11.5. The lowest BCUT2D eigenvalue weighted by Crippen LogP contribution is -2.48. The van der Waals surface area contributed by atoms with Gasteiger partial charge >= 0.3 is 0 Å². The van der Waals surface area contributed by atoms with Crippen molar-refractivity contribution in [2.75, 3.05) is 33.3 Å². The van der Waals surface area contributed by atoms with Crippen LogP contribution in [-0.2, 0) is 9.53 Å². The quantitative estimate of drug-likeness (QED) is 0.353. The number of ether oxygens (including phenoxy) is 1. The van der Waals surface area contributed by atoms with Crippen LogP contribution in [0.25, 0.3) is 0 Å². The van der Waals surface area contributed by atoms with Gasteiger partial charge in [0.05, 0.1) is 12.1 Å². The van der Waals surface area contributed by atoms with Crippen LogP contribution in [0.4, 0.5) is 0 Å². The van der Waals surface area contributed by atoms with Gasteiger partial charge in [-0.1, -0.05) is 6.92 Å². The summed E-state index contributed by atoms with van der Waals surface area (Å²) in [5, 5.41) is 9.00. The maximum atomic E-state index is 11.5. The molecule has 1 aliphatic heterocycles. The number of aliphatic imine (C=N–C) groups is 1. The predicted octanol–water partition coefficient (Wildman–Crippen LogP) is 0.865. The highest BCUT2D eigenvalue weighted by Gasteiger charge is 2.29. The number of hydrogen-bond acceptors (Lipinski definition) is 3. The molecule has 0 aliphatic carbocycles. The zero-order chi connectivity index (χ0) is 14.1. The highest BCUT2D eigenvalue weighted by Crippen LogP contribution is 2.23. The van der Waals surface area contributed by atoms with E-state index in [-0.39, 0.29) is 42.0 Å². The third-order valence-electron chi connectivity index (χ3n) is 3.14. The first-order chi connectivity index (χ1) is 9.09. The van der Waals surface area contributed by atoms with Gasteiger partial charge in [-0.15, -0.1) is 24.0 Å². The Bertz CT molecular complexity index is 317. The monoisotopic (exact) mass is 398 g/mol. The van der Waals surface area contributed by atoms with Crippen LogP contribution < -0.4 is 16.0 Å². The van der Waals surface area contributed by atoms with E-state index in [1.165, 1.54) is 0 Å². The van der Waals surface area contributed by atoms with E-state index in [2.05, 4.69) is 27.9 Å². The standard InChI is InChI=1S/C13H26N4O2.HI/c1-4-7-15-11(18)9-16-12(14-3)17-10-13(2)6-5-8-19-13;/h4-10H2,1-3H3,(H,15,18)(H2,14,16,17);1H. The van der Waals surface area contributed by atoms with E-state index < -0.39 is 0 Å². The lowest BCUT2D eigenvalue weighted by atomic mass is 10.0. The predicted molar refractivity (Wildman–Crippen MR) is 91.7 cm³/mol. The molecule has 0 aromatic rings. The highest BCUT2D eigenvalue weighted by atomic mass is 127.